The van der Waals surface area contributed by atoms with Crippen LogP contribution in [0, 0.1) is 0 Å². The maximum Gasteiger partial charge on any atom is 0.220 e. The predicted octanol–water partition coefficient (Wildman–Crippen LogP) is 1.13. The van der Waals surface area contributed by atoms with Gasteiger partial charge in [-0.25, -0.2) is 4.98 Å². The first kappa shape index (κ1) is 14.7. The molecule has 0 atom stereocenters. The van der Waals surface area contributed by atoms with Gasteiger partial charge in [0.2, 0.25) is 5.91 Å². The van der Waals surface area contributed by atoms with Gasteiger partial charge in [0.15, 0.2) is 5.16 Å². The third-order valence-corrected chi connectivity index (χ3v) is 3.58. The Bertz CT molecular complexity index is 585. The number of imidazole rings is 1. The van der Waals surface area contributed by atoms with Crippen molar-refractivity contribution in [1.82, 2.24) is 15.3 Å². The number of nitrogens with one attached hydrogen (secondary N) is 2. The average molecular weight is 294 g/mol. The first-order chi connectivity index (χ1) is 9.72. The number of aromatic amines is 1. The number of nitrogens with two attached hydrogens (primary N) is 1. The van der Waals surface area contributed by atoms with Gasteiger partial charge >= 0.3 is 0 Å². The van der Waals surface area contributed by atoms with Crippen LogP contribution in [-0.4, -0.2) is 41.8 Å². The summed E-state index contributed by atoms with van der Waals surface area (Å²) >= 11 is 1.52. The van der Waals surface area contributed by atoms with Crippen LogP contribution in [0.5, 0.6) is 5.75 Å². The van der Waals surface area contributed by atoms with E-state index in [-0.39, 0.29) is 5.91 Å². The Kier molecular flexibility index (Phi) is 5.25. The van der Waals surface area contributed by atoms with Crippen LogP contribution in [0.3, 0.4) is 0 Å². The van der Waals surface area contributed by atoms with Gasteiger partial charge in [-0.2, -0.15) is 0 Å². The van der Waals surface area contributed by atoms with Crippen molar-refractivity contribution in [3.8, 4) is 5.75 Å². The topological polar surface area (TPSA) is 93.0 Å². The number of nitrogens with zero attached hydrogens (tertiary/aromatic N) is 1. The summed E-state index contributed by atoms with van der Waals surface area (Å²) in [7, 11) is 1.63. The summed E-state index contributed by atoms with van der Waals surface area (Å²) in [6.45, 7) is 0.984. The summed E-state index contributed by atoms with van der Waals surface area (Å²) in [5, 5.41) is 3.54. The van der Waals surface area contributed by atoms with E-state index in [1.54, 1.807) is 7.11 Å². The fourth-order valence-electron chi connectivity index (χ4n) is 1.70. The number of rotatable bonds is 7. The van der Waals surface area contributed by atoms with Gasteiger partial charge in [0.25, 0.3) is 0 Å². The molecule has 0 aliphatic rings. The van der Waals surface area contributed by atoms with Gasteiger partial charge in [-0.1, -0.05) is 11.8 Å². The van der Waals surface area contributed by atoms with Crippen molar-refractivity contribution in [3.05, 3.63) is 18.2 Å². The van der Waals surface area contributed by atoms with Gasteiger partial charge in [-0.15, -0.1) is 0 Å². The second-order valence-corrected chi connectivity index (χ2v) is 5.25. The molecule has 0 bridgehead atoms. The Morgan fingerprint density at radius 1 is 1.55 bits per heavy atom. The van der Waals surface area contributed by atoms with E-state index < -0.39 is 0 Å². The lowest BCUT2D eigenvalue weighted by Gasteiger charge is -2.01. The molecule has 0 unspecified atom stereocenters. The highest BCUT2D eigenvalue weighted by molar-refractivity contribution is 7.99. The van der Waals surface area contributed by atoms with E-state index in [1.165, 1.54) is 11.8 Å². The number of benzene rings is 1. The molecule has 1 heterocycles. The van der Waals surface area contributed by atoms with Crippen LogP contribution >= 0.6 is 11.8 Å². The van der Waals surface area contributed by atoms with Gasteiger partial charge in [0.1, 0.15) is 5.75 Å². The maximum absolute atomic E-state index is 11.4. The van der Waals surface area contributed by atoms with E-state index >= 15 is 0 Å². The standard InChI is InChI=1S/C13H18N4O2S/c1-19-9-2-3-10-11(8-9)17-13(16-10)20-7-4-12(18)15-6-5-14/h2-3,8H,4-7,14H2,1H3,(H,15,18)(H,16,17). The average Bonchev–Trinajstić information content (AvgIpc) is 2.86. The number of carbonyl (C=O) groups excluding carboxylic acids is 1. The van der Waals surface area contributed by atoms with Crippen molar-refractivity contribution < 1.29 is 9.53 Å². The zero-order valence-corrected chi connectivity index (χ0v) is 12.1. The van der Waals surface area contributed by atoms with E-state index in [4.69, 9.17) is 10.5 Å². The first-order valence-corrected chi connectivity index (χ1v) is 7.35. The minimum Gasteiger partial charge on any atom is -0.497 e. The third-order valence-electron chi connectivity index (χ3n) is 2.70. The van der Waals surface area contributed by atoms with Gasteiger partial charge < -0.3 is 20.8 Å². The quantitative estimate of drug-likeness (QED) is 0.666. The summed E-state index contributed by atoms with van der Waals surface area (Å²) in [5.74, 6) is 1.48. The van der Waals surface area contributed by atoms with E-state index in [9.17, 15) is 4.79 Å². The van der Waals surface area contributed by atoms with Crippen molar-refractivity contribution >= 4 is 28.7 Å². The molecule has 20 heavy (non-hydrogen) atoms. The largest absolute Gasteiger partial charge is 0.497 e. The van der Waals surface area contributed by atoms with Crippen LogP contribution in [0.1, 0.15) is 6.42 Å². The molecule has 2 rings (SSSR count). The zero-order chi connectivity index (χ0) is 14.4. The number of ether oxygens (including phenoxy) is 1. The lowest BCUT2D eigenvalue weighted by Crippen LogP contribution is -2.29. The Labute approximate surface area is 121 Å². The monoisotopic (exact) mass is 294 g/mol. The highest BCUT2D eigenvalue weighted by Gasteiger charge is 2.06. The molecule has 0 spiro atoms. The van der Waals surface area contributed by atoms with Crippen molar-refractivity contribution in [2.24, 2.45) is 5.73 Å². The van der Waals surface area contributed by atoms with Crippen molar-refractivity contribution in [3.63, 3.8) is 0 Å². The second-order valence-electron chi connectivity index (χ2n) is 4.16. The molecule has 1 amide bonds. The van der Waals surface area contributed by atoms with Crippen LogP contribution in [0.4, 0.5) is 0 Å². The number of carbonyl (C=O) groups is 1. The minimum atomic E-state index is 0.0146. The molecular formula is C13H18N4O2S. The molecule has 2 aromatic rings. The number of hydrogen-bond acceptors (Lipinski definition) is 5. The first-order valence-electron chi connectivity index (χ1n) is 6.36. The molecule has 0 saturated heterocycles. The van der Waals surface area contributed by atoms with E-state index in [2.05, 4.69) is 15.3 Å². The highest BCUT2D eigenvalue weighted by Crippen LogP contribution is 2.23. The van der Waals surface area contributed by atoms with E-state index in [0.717, 1.165) is 21.9 Å². The fraction of sp³-hybridized carbons (Fsp3) is 0.385. The van der Waals surface area contributed by atoms with E-state index in [0.29, 0.717) is 25.3 Å². The Hall–Kier alpha value is -1.73. The molecule has 0 saturated carbocycles. The molecule has 0 aliphatic heterocycles. The Balaban J connectivity index is 1.88. The Morgan fingerprint density at radius 2 is 2.40 bits per heavy atom. The predicted molar refractivity (Wildman–Crippen MR) is 80.1 cm³/mol. The van der Waals surface area contributed by atoms with Gasteiger partial charge in [0, 0.05) is 31.3 Å². The zero-order valence-electron chi connectivity index (χ0n) is 11.3. The molecular weight excluding hydrogens is 276 g/mol. The van der Waals surface area contributed by atoms with E-state index in [1.807, 2.05) is 18.2 Å². The summed E-state index contributed by atoms with van der Waals surface area (Å²) < 4.78 is 5.16. The van der Waals surface area contributed by atoms with Gasteiger partial charge in [0.05, 0.1) is 18.1 Å². The fourth-order valence-corrected chi connectivity index (χ4v) is 2.53. The number of methoxy groups -OCH3 is 1. The van der Waals surface area contributed by atoms with Gasteiger partial charge in [-0.05, 0) is 12.1 Å². The van der Waals surface area contributed by atoms with Crippen LogP contribution in [0.15, 0.2) is 23.4 Å². The smallest absolute Gasteiger partial charge is 0.220 e. The number of H-pyrrole nitrogens is 1. The molecule has 108 valence electrons. The lowest BCUT2D eigenvalue weighted by atomic mass is 10.3. The molecule has 4 N–H and O–H groups in total. The van der Waals surface area contributed by atoms with Crippen molar-refractivity contribution in [2.75, 3.05) is 26.0 Å². The minimum absolute atomic E-state index is 0.0146. The summed E-state index contributed by atoms with van der Waals surface area (Å²) in [5.41, 5.74) is 7.14. The van der Waals surface area contributed by atoms with Gasteiger partial charge in [-0.3, -0.25) is 4.79 Å². The van der Waals surface area contributed by atoms with Crippen molar-refractivity contribution in [2.45, 2.75) is 11.6 Å². The van der Waals surface area contributed by atoms with Crippen molar-refractivity contribution in [1.29, 1.82) is 0 Å². The highest BCUT2D eigenvalue weighted by atomic mass is 32.2. The molecule has 0 fully saturated rings. The maximum atomic E-state index is 11.4. The summed E-state index contributed by atoms with van der Waals surface area (Å²) in [4.78, 5) is 19.1. The summed E-state index contributed by atoms with van der Waals surface area (Å²) in [6.07, 6.45) is 0.449. The second kappa shape index (κ2) is 7.16. The van der Waals surface area contributed by atoms with Crippen LogP contribution in [-0.2, 0) is 4.79 Å². The molecule has 1 aromatic carbocycles. The Morgan fingerprint density at radius 3 is 3.15 bits per heavy atom. The summed E-state index contributed by atoms with van der Waals surface area (Å²) in [6, 6.07) is 5.68. The number of fused-ring (bicyclic) bond motifs is 1. The molecule has 1 aromatic heterocycles. The number of hydrogen-bond donors (Lipinski definition) is 3. The van der Waals surface area contributed by atoms with Crippen LogP contribution in [0.25, 0.3) is 11.0 Å². The molecule has 6 nitrogen and oxygen atoms in total. The number of thioether (sulfide) groups is 1. The number of amides is 1. The van der Waals surface area contributed by atoms with Crippen LogP contribution < -0.4 is 15.8 Å². The third kappa shape index (κ3) is 3.88. The molecule has 0 radical (unpaired) electrons. The molecule has 7 heteroatoms. The number of aromatic nitrogens is 2. The SMILES string of the molecule is COc1ccc2nc(SCCC(=O)NCCN)[nH]c2c1. The normalized spacial score (nSPS) is 10.7. The molecule has 0 aliphatic carbocycles. The lowest BCUT2D eigenvalue weighted by molar-refractivity contribution is -0.120. The van der Waals surface area contributed by atoms with Crippen LogP contribution in [0.2, 0.25) is 0 Å².